The lowest BCUT2D eigenvalue weighted by atomic mass is 10.0. The average molecular weight is 540 g/mol. The number of nitrogens with one attached hydrogen (secondary N) is 2. The Bertz CT molecular complexity index is 1220. The third-order valence-electron chi connectivity index (χ3n) is 5.60. The number of amides is 1. The van der Waals surface area contributed by atoms with E-state index in [1.807, 2.05) is 0 Å². The van der Waals surface area contributed by atoms with E-state index >= 15 is 0 Å². The first-order valence-corrected chi connectivity index (χ1v) is 12.1. The standard InChI is InChI=1S/C20H22ClF4N5O4S/c1-19(2,3)34-18(32)30-6-7-5-8(30)11(26-7)13(20(23,24)25)33-16-9-12(10(22)14(21)28-16)27-17(35-4)29-15(9)31/h7-8,11,13,26H,5-6H2,1-4H3,(H,27,29,31)/t7-,8-,11?,13?/m0/s1. The molecule has 2 unspecified atom stereocenters. The van der Waals surface area contributed by atoms with Crippen LogP contribution in [0.25, 0.3) is 10.9 Å². The topological polar surface area (TPSA) is 109 Å². The minimum absolute atomic E-state index is 0.0322. The van der Waals surface area contributed by atoms with E-state index in [1.165, 1.54) is 4.90 Å². The maximum atomic E-state index is 14.6. The van der Waals surface area contributed by atoms with Gasteiger partial charge in [0.15, 0.2) is 16.1 Å². The summed E-state index contributed by atoms with van der Waals surface area (Å²) in [6.45, 7) is 5.13. The van der Waals surface area contributed by atoms with Crippen molar-refractivity contribution >= 4 is 40.4 Å². The number of aromatic nitrogens is 3. The predicted octanol–water partition coefficient (Wildman–Crippen LogP) is 3.49. The number of likely N-dealkylation sites (tertiary alicyclic amines) is 1. The lowest BCUT2D eigenvalue weighted by Crippen LogP contribution is -2.62. The fourth-order valence-electron chi connectivity index (χ4n) is 4.28. The fraction of sp³-hybridized carbons (Fsp3) is 0.600. The van der Waals surface area contributed by atoms with Crippen molar-refractivity contribution in [1.29, 1.82) is 0 Å². The first-order chi connectivity index (χ1) is 16.2. The Labute approximate surface area is 205 Å². The Morgan fingerprint density at radius 3 is 2.54 bits per heavy atom. The Kier molecular flexibility index (Phi) is 6.60. The molecule has 2 fully saturated rings. The number of halogens is 5. The predicted molar refractivity (Wildman–Crippen MR) is 119 cm³/mol. The molecule has 0 spiro atoms. The summed E-state index contributed by atoms with van der Waals surface area (Å²) in [5.41, 5.74) is -2.33. The van der Waals surface area contributed by atoms with E-state index in [9.17, 15) is 27.2 Å². The van der Waals surface area contributed by atoms with Crippen LogP contribution in [0.4, 0.5) is 22.4 Å². The van der Waals surface area contributed by atoms with E-state index in [1.54, 1.807) is 27.0 Å². The second kappa shape index (κ2) is 8.96. The van der Waals surface area contributed by atoms with Gasteiger partial charge in [0.25, 0.3) is 5.56 Å². The molecule has 0 saturated carbocycles. The quantitative estimate of drug-likeness (QED) is 0.263. The van der Waals surface area contributed by atoms with Crippen molar-refractivity contribution in [3.8, 4) is 5.88 Å². The molecule has 1 amide bonds. The van der Waals surface area contributed by atoms with Gasteiger partial charge in [-0.2, -0.15) is 18.2 Å². The van der Waals surface area contributed by atoms with E-state index in [0.717, 1.165) is 11.8 Å². The van der Waals surface area contributed by atoms with Gasteiger partial charge in [0, 0.05) is 12.6 Å². The molecular formula is C20H22ClF4N5O4S. The van der Waals surface area contributed by atoms with Gasteiger partial charge in [-0.15, -0.1) is 0 Å². The summed E-state index contributed by atoms with van der Waals surface area (Å²) in [5, 5.41) is 1.47. The molecule has 9 nitrogen and oxygen atoms in total. The summed E-state index contributed by atoms with van der Waals surface area (Å²) in [6.07, 6.45) is -6.41. The van der Waals surface area contributed by atoms with Crippen LogP contribution in [-0.4, -0.2) is 74.8 Å². The van der Waals surface area contributed by atoms with Gasteiger partial charge >= 0.3 is 12.3 Å². The lowest BCUT2D eigenvalue weighted by Gasteiger charge is -2.38. The molecule has 2 saturated heterocycles. The minimum atomic E-state index is -4.95. The van der Waals surface area contributed by atoms with Crippen molar-refractivity contribution in [2.75, 3.05) is 12.8 Å². The summed E-state index contributed by atoms with van der Waals surface area (Å²) in [4.78, 5) is 36.3. The van der Waals surface area contributed by atoms with Gasteiger partial charge in [0.2, 0.25) is 12.0 Å². The maximum Gasteiger partial charge on any atom is 0.427 e. The van der Waals surface area contributed by atoms with Gasteiger partial charge in [0.1, 0.15) is 16.5 Å². The Balaban J connectivity index is 1.72. The first kappa shape index (κ1) is 25.8. The number of thioether (sulfide) groups is 1. The number of carbonyl (C=O) groups excluding carboxylic acids is 1. The average Bonchev–Trinajstić information content (AvgIpc) is 3.33. The Hall–Kier alpha value is -2.32. The molecule has 0 aliphatic carbocycles. The number of rotatable bonds is 4. The maximum absolute atomic E-state index is 14.6. The molecule has 0 radical (unpaired) electrons. The molecule has 0 aromatic carbocycles. The molecular weight excluding hydrogens is 518 g/mol. The zero-order chi connectivity index (χ0) is 25.9. The molecule has 15 heteroatoms. The number of piperazine rings is 1. The van der Waals surface area contributed by atoms with E-state index in [0.29, 0.717) is 0 Å². The zero-order valence-electron chi connectivity index (χ0n) is 19.0. The highest BCUT2D eigenvalue weighted by Crippen LogP contribution is 2.38. The number of ether oxygens (including phenoxy) is 2. The van der Waals surface area contributed by atoms with Crippen LogP contribution in [0.2, 0.25) is 5.15 Å². The number of H-pyrrole nitrogens is 1. The number of hydrogen-bond acceptors (Lipinski definition) is 8. The summed E-state index contributed by atoms with van der Waals surface area (Å²) in [6, 6.07) is -2.72. The molecule has 2 aliphatic rings. The van der Waals surface area contributed by atoms with Gasteiger partial charge in [-0.25, -0.2) is 14.2 Å². The van der Waals surface area contributed by atoms with Crippen LogP contribution in [0.1, 0.15) is 27.2 Å². The molecule has 2 bridgehead atoms. The van der Waals surface area contributed by atoms with Gasteiger partial charge < -0.3 is 24.7 Å². The lowest BCUT2D eigenvalue weighted by molar-refractivity contribution is -0.207. The molecule has 4 heterocycles. The molecule has 2 N–H and O–H groups in total. The van der Waals surface area contributed by atoms with Crippen LogP contribution in [0.3, 0.4) is 0 Å². The van der Waals surface area contributed by atoms with Gasteiger partial charge in [0.05, 0.1) is 12.1 Å². The molecule has 4 rings (SSSR count). The van der Waals surface area contributed by atoms with E-state index in [2.05, 4.69) is 20.3 Å². The van der Waals surface area contributed by atoms with E-state index in [4.69, 9.17) is 21.1 Å². The molecule has 2 aliphatic heterocycles. The SMILES string of the molecule is CSc1nc2c(F)c(Cl)nc(OC(C3N[C@H]4C[C@@H]3N(C(=O)OC(C)(C)C)C4)C(F)(F)F)c2c(=O)[nH]1. The van der Waals surface area contributed by atoms with Crippen molar-refractivity contribution in [3.05, 3.63) is 21.3 Å². The molecule has 4 atom stereocenters. The van der Waals surface area contributed by atoms with Crippen molar-refractivity contribution in [3.63, 3.8) is 0 Å². The first-order valence-electron chi connectivity index (χ1n) is 10.5. The highest BCUT2D eigenvalue weighted by Gasteiger charge is 2.58. The van der Waals surface area contributed by atoms with Crippen LogP contribution in [0, 0.1) is 5.82 Å². The monoisotopic (exact) mass is 539 g/mol. The van der Waals surface area contributed by atoms with Crippen LogP contribution in [0.15, 0.2) is 9.95 Å². The van der Waals surface area contributed by atoms with Crippen molar-refractivity contribution < 1.29 is 31.8 Å². The fourth-order valence-corrected chi connectivity index (χ4v) is 4.82. The number of pyridine rings is 1. The second-order valence-electron chi connectivity index (χ2n) is 9.23. The van der Waals surface area contributed by atoms with Gasteiger partial charge in [-0.05, 0) is 33.4 Å². The van der Waals surface area contributed by atoms with Crippen molar-refractivity contribution in [1.82, 2.24) is 25.2 Å². The largest absolute Gasteiger partial charge is 0.462 e. The normalized spacial score (nSPS) is 23.1. The van der Waals surface area contributed by atoms with Gasteiger partial charge in [-0.3, -0.25) is 4.79 Å². The van der Waals surface area contributed by atoms with Crippen LogP contribution in [0.5, 0.6) is 5.88 Å². The van der Waals surface area contributed by atoms with Gasteiger partial charge in [-0.1, -0.05) is 23.4 Å². The molecule has 192 valence electrons. The van der Waals surface area contributed by atoms with Crippen LogP contribution >= 0.6 is 23.4 Å². The number of hydrogen-bond donors (Lipinski definition) is 2. The Morgan fingerprint density at radius 1 is 1.29 bits per heavy atom. The van der Waals surface area contributed by atoms with E-state index < -0.39 is 75.4 Å². The molecule has 2 aromatic rings. The number of alkyl halides is 3. The minimum Gasteiger partial charge on any atom is -0.462 e. The number of aromatic amines is 1. The summed E-state index contributed by atoms with van der Waals surface area (Å²) < 4.78 is 67.9. The summed E-state index contributed by atoms with van der Waals surface area (Å²) >= 11 is 6.79. The highest BCUT2D eigenvalue weighted by atomic mass is 35.5. The van der Waals surface area contributed by atoms with Crippen LogP contribution in [-0.2, 0) is 4.74 Å². The van der Waals surface area contributed by atoms with Crippen molar-refractivity contribution in [2.24, 2.45) is 0 Å². The van der Waals surface area contributed by atoms with Crippen LogP contribution < -0.4 is 15.6 Å². The second-order valence-corrected chi connectivity index (χ2v) is 10.4. The smallest absolute Gasteiger partial charge is 0.427 e. The number of fused-ring (bicyclic) bond motifs is 3. The Morgan fingerprint density at radius 2 is 1.97 bits per heavy atom. The summed E-state index contributed by atoms with van der Waals surface area (Å²) in [5.74, 6) is -1.98. The molecule has 35 heavy (non-hydrogen) atoms. The van der Waals surface area contributed by atoms with Crippen molar-refractivity contribution in [2.45, 2.75) is 68.4 Å². The zero-order valence-corrected chi connectivity index (χ0v) is 20.6. The molecule has 2 aromatic heterocycles. The third-order valence-corrected chi connectivity index (χ3v) is 6.43. The van der Waals surface area contributed by atoms with E-state index in [-0.39, 0.29) is 18.1 Å². The summed E-state index contributed by atoms with van der Waals surface area (Å²) in [7, 11) is 0. The third kappa shape index (κ3) is 5.00. The number of carbonyl (C=O) groups is 1. The highest BCUT2D eigenvalue weighted by molar-refractivity contribution is 7.98. The number of nitrogens with zero attached hydrogens (tertiary/aromatic N) is 3.